The maximum Gasteiger partial charge on any atom is 0.404 e. The van der Waals surface area contributed by atoms with E-state index in [9.17, 15) is 28.2 Å². The second-order valence-electron chi connectivity index (χ2n) is 12.3. The topological polar surface area (TPSA) is 241 Å². The van der Waals surface area contributed by atoms with Crippen LogP contribution in [0.2, 0.25) is 0 Å². The lowest BCUT2D eigenvalue weighted by Gasteiger charge is -2.26. The van der Waals surface area contributed by atoms with Crippen molar-refractivity contribution in [2.24, 2.45) is 0 Å². The molecule has 0 saturated heterocycles. The number of methoxy groups -OCH3 is 3. The third kappa shape index (κ3) is 10.9. The van der Waals surface area contributed by atoms with Gasteiger partial charge in [-0.25, -0.2) is 26.4 Å². The Morgan fingerprint density at radius 3 is 1.75 bits per heavy atom. The normalized spacial score (nSPS) is 12.2. The van der Waals surface area contributed by atoms with Crippen molar-refractivity contribution in [2.45, 2.75) is 35.5 Å². The summed E-state index contributed by atoms with van der Waals surface area (Å²) >= 11 is 1.86. The third-order valence-electron chi connectivity index (χ3n) is 8.45. The molecule has 1 atom stereocenters. The molecule has 0 radical (unpaired) electrons. The number of aromatic nitrogens is 4. The number of carbonyl (C=O) groups is 2. The van der Waals surface area contributed by atoms with Gasteiger partial charge in [-0.05, 0) is 93.0 Å². The molecule has 21 heteroatoms. The lowest BCUT2D eigenvalue weighted by Crippen LogP contribution is -2.47. The first-order valence-corrected chi connectivity index (χ1v) is 21.0. The zero-order valence-electron chi connectivity index (χ0n) is 30.7. The van der Waals surface area contributed by atoms with Gasteiger partial charge in [-0.2, -0.15) is 9.10 Å². The summed E-state index contributed by atoms with van der Waals surface area (Å²) in [6, 6.07) is 21.4. The van der Waals surface area contributed by atoms with Gasteiger partial charge in [0.1, 0.15) is 22.1 Å². The van der Waals surface area contributed by atoms with Crippen LogP contribution in [0.3, 0.4) is 0 Å². The summed E-state index contributed by atoms with van der Waals surface area (Å²) in [5.74, 6) is 0.466. The van der Waals surface area contributed by atoms with Crippen molar-refractivity contribution in [3.8, 4) is 28.6 Å². The molecule has 4 N–H and O–H groups in total. The first kappa shape index (κ1) is 42.6. The number of ether oxygens (including phenoxy) is 3. The Bertz CT molecular complexity index is 2360. The number of sulfone groups is 1. The van der Waals surface area contributed by atoms with Crippen LogP contribution >= 0.6 is 22.6 Å². The van der Waals surface area contributed by atoms with E-state index in [1.54, 1.807) is 72.8 Å². The molecule has 5 rings (SSSR count). The van der Waals surface area contributed by atoms with Gasteiger partial charge >= 0.3 is 12.2 Å². The molecule has 1 aromatic heterocycles. The van der Waals surface area contributed by atoms with Crippen LogP contribution < -0.4 is 24.8 Å². The predicted octanol–water partition coefficient (Wildman–Crippen LogP) is 4.09. The van der Waals surface area contributed by atoms with E-state index in [4.69, 9.17) is 14.2 Å². The van der Waals surface area contributed by atoms with Crippen molar-refractivity contribution in [1.82, 2.24) is 35.1 Å². The van der Waals surface area contributed by atoms with Crippen molar-refractivity contribution in [3.63, 3.8) is 0 Å². The van der Waals surface area contributed by atoms with Crippen LogP contribution in [0.25, 0.3) is 11.4 Å². The molecule has 0 fully saturated rings. The quantitative estimate of drug-likeness (QED) is 0.0906. The number of nitrogens with one attached hydrogen (secondary N) is 2. The average Bonchev–Trinajstić information content (AvgIpc) is 3.64. The molecule has 0 spiro atoms. The van der Waals surface area contributed by atoms with Crippen molar-refractivity contribution >= 4 is 54.6 Å². The number of nitrogens with zero attached hydrogens (tertiary/aromatic N) is 5. The zero-order valence-corrected chi connectivity index (χ0v) is 34.5. The van der Waals surface area contributed by atoms with Gasteiger partial charge < -0.3 is 35.1 Å². The minimum Gasteiger partial charge on any atom is -0.497 e. The van der Waals surface area contributed by atoms with Gasteiger partial charge in [-0.1, -0.05) is 36.4 Å². The van der Waals surface area contributed by atoms with Crippen LogP contribution in [0.5, 0.6) is 17.2 Å². The summed E-state index contributed by atoms with van der Waals surface area (Å²) in [5.41, 5.74) is 1.67. The van der Waals surface area contributed by atoms with Crippen molar-refractivity contribution in [3.05, 3.63) is 105 Å². The fourth-order valence-electron chi connectivity index (χ4n) is 5.67. The minimum absolute atomic E-state index is 0.119. The summed E-state index contributed by atoms with van der Waals surface area (Å²) in [5, 5.41) is 35.4. The number of hydrogen-bond acceptors (Lipinski definition) is 12. The molecular formula is C36H38IN7O11S2. The lowest BCUT2D eigenvalue weighted by atomic mass is 10.2. The standard InChI is InChI=1S/C36H38IN7O11S2/c1-53-27-10-4-23(5-11-27)19-43(20-24-6-12-28(54-2)13-7-24)57(51,52)33-31(56(49,50)22-26(39-36(47)48)18-38-35(45)46)17-16-30(37)32(33)34-40-42-44(41-34)21-25-8-14-29(55-3)15-9-25/h4-17,26,38-39H,18-22H2,1-3H3,(H,45,46)(H,47,48). The molecule has 0 aliphatic heterocycles. The van der Waals surface area contributed by atoms with E-state index in [0.717, 1.165) is 15.9 Å². The molecule has 302 valence electrons. The molecule has 0 aliphatic rings. The summed E-state index contributed by atoms with van der Waals surface area (Å²) in [4.78, 5) is 22.8. The second kappa shape index (κ2) is 18.6. The Hall–Kier alpha value is -5.52. The maximum absolute atomic E-state index is 15.4. The number of rotatable bonds is 18. The van der Waals surface area contributed by atoms with Crippen molar-refractivity contribution < 1.29 is 50.8 Å². The second-order valence-corrected chi connectivity index (χ2v) is 17.4. The first-order chi connectivity index (χ1) is 27.1. The Labute approximate surface area is 341 Å². The highest BCUT2D eigenvalue weighted by molar-refractivity contribution is 14.1. The number of benzene rings is 4. The Kier molecular flexibility index (Phi) is 13.9. The molecule has 57 heavy (non-hydrogen) atoms. The minimum atomic E-state index is -4.88. The third-order valence-corrected chi connectivity index (χ3v) is 13.2. The fourth-order valence-corrected chi connectivity index (χ4v) is 10.5. The van der Waals surface area contributed by atoms with Gasteiger partial charge in [0, 0.05) is 23.2 Å². The fraction of sp³-hybridized carbons (Fsp3) is 0.250. The van der Waals surface area contributed by atoms with E-state index >= 15 is 8.42 Å². The molecule has 0 saturated carbocycles. The number of tetrazole rings is 1. The van der Waals surface area contributed by atoms with Gasteiger partial charge in [-0.3, -0.25) is 0 Å². The van der Waals surface area contributed by atoms with Crippen LogP contribution in [-0.4, -0.2) is 103 Å². The summed E-state index contributed by atoms with van der Waals surface area (Å²) in [6.07, 6.45) is -3.15. The van der Waals surface area contributed by atoms with Gasteiger partial charge in [0.15, 0.2) is 9.84 Å². The lowest BCUT2D eigenvalue weighted by molar-refractivity contribution is 0.184. The molecule has 1 heterocycles. The smallest absolute Gasteiger partial charge is 0.404 e. The average molecular weight is 936 g/mol. The van der Waals surface area contributed by atoms with E-state index < -0.39 is 60.2 Å². The maximum atomic E-state index is 15.4. The molecular weight excluding hydrogens is 897 g/mol. The van der Waals surface area contributed by atoms with Crippen LogP contribution in [0, 0.1) is 3.57 Å². The first-order valence-electron chi connectivity index (χ1n) is 16.8. The van der Waals surface area contributed by atoms with Gasteiger partial charge in [0.25, 0.3) is 0 Å². The summed E-state index contributed by atoms with van der Waals surface area (Å²) in [7, 11) is -5.11. The van der Waals surface area contributed by atoms with Crippen LogP contribution in [0.15, 0.2) is 94.7 Å². The molecule has 0 bridgehead atoms. The Balaban J connectivity index is 1.70. The molecule has 2 amide bonds. The number of amides is 2. The zero-order chi connectivity index (χ0) is 41.3. The number of sulfonamides is 1. The molecule has 5 aromatic rings. The van der Waals surface area contributed by atoms with E-state index in [0.29, 0.717) is 28.4 Å². The van der Waals surface area contributed by atoms with E-state index in [1.165, 1.54) is 32.2 Å². The highest BCUT2D eigenvalue weighted by atomic mass is 127. The van der Waals surface area contributed by atoms with Crippen LogP contribution in [0.1, 0.15) is 16.7 Å². The Morgan fingerprint density at radius 2 is 1.28 bits per heavy atom. The molecule has 1 unspecified atom stereocenters. The highest BCUT2D eigenvalue weighted by Gasteiger charge is 2.38. The van der Waals surface area contributed by atoms with Crippen LogP contribution in [0.4, 0.5) is 9.59 Å². The molecule has 18 nitrogen and oxygen atoms in total. The van der Waals surface area contributed by atoms with E-state index in [2.05, 4.69) is 15.4 Å². The Morgan fingerprint density at radius 1 is 0.772 bits per heavy atom. The SMILES string of the molecule is COc1ccc(CN(Cc2ccc(OC)cc2)S(=O)(=O)c2c(S(=O)(=O)CC(CNC(=O)O)NC(=O)O)ccc(I)c2-c2nnn(Cc3ccc(OC)cc3)n2)cc1. The highest BCUT2D eigenvalue weighted by Crippen LogP contribution is 2.38. The predicted molar refractivity (Wildman–Crippen MR) is 214 cm³/mol. The summed E-state index contributed by atoms with van der Waals surface area (Å²) in [6.45, 7) is -0.978. The van der Waals surface area contributed by atoms with Gasteiger partial charge in [-0.15, -0.1) is 10.2 Å². The van der Waals surface area contributed by atoms with Gasteiger partial charge in [0.05, 0.1) is 50.1 Å². The number of halogens is 1. The molecule has 4 aromatic carbocycles. The van der Waals surface area contributed by atoms with E-state index in [1.807, 2.05) is 33.2 Å². The molecule has 0 aliphatic carbocycles. The monoisotopic (exact) mass is 935 g/mol. The largest absolute Gasteiger partial charge is 0.497 e. The van der Waals surface area contributed by atoms with E-state index in [-0.39, 0.29) is 34.6 Å². The van der Waals surface area contributed by atoms with Gasteiger partial charge in [0.2, 0.25) is 15.8 Å². The van der Waals surface area contributed by atoms with Crippen molar-refractivity contribution in [1.29, 1.82) is 0 Å². The summed E-state index contributed by atoms with van der Waals surface area (Å²) < 4.78 is 76.7. The van der Waals surface area contributed by atoms with Crippen LogP contribution in [-0.2, 0) is 39.5 Å². The number of carboxylic acid groups (broad SMARTS) is 2. The number of hydrogen-bond donors (Lipinski definition) is 4. The van der Waals surface area contributed by atoms with Crippen molar-refractivity contribution in [2.75, 3.05) is 33.6 Å².